The van der Waals surface area contributed by atoms with Crippen LogP contribution in [-0.4, -0.2) is 30.2 Å². The zero-order valence-corrected chi connectivity index (χ0v) is 10.1. The minimum Gasteiger partial charge on any atom is -0.478 e. The Kier molecular flexibility index (Phi) is 3.86. The molecule has 3 N–H and O–H groups in total. The van der Waals surface area contributed by atoms with E-state index in [1.165, 1.54) is 0 Å². The van der Waals surface area contributed by atoms with Crippen LogP contribution in [0.3, 0.4) is 0 Å². The van der Waals surface area contributed by atoms with Crippen molar-refractivity contribution in [2.24, 2.45) is 0 Å². The maximum atomic E-state index is 10.9. The Morgan fingerprint density at radius 1 is 1.53 bits per heavy atom. The number of anilines is 1. The molecule has 0 aliphatic carbocycles. The maximum Gasteiger partial charge on any atom is 0.337 e. The van der Waals surface area contributed by atoms with E-state index in [9.17, 15) is 4.79 Å². The Morgan fingerprint density at radius 3 is 3.00 bits per heavy atom. The fourth-order valence-electron chi connectivity index (χ4n) is 1.99. The monoisotopic (exact) mass is 254 g/mol. The number of carboxylic acid groups (broad SMARTS) is 1. The fourth-order valence-corrected chi connectivity index (χ4v) is 2.19. The molecule has 1 aliphatic rings. The quantitative estimate of drug-likeness (QED) is 0.774. The van der Waals surface area contributed by atoms with Gasteiger partial charge in [0.2, 0.25) is 0 Å². The van der Waals surface area contributed by atoms with Gasteiger partial charge in [0.15, 0.2) is 0 Å². The van der Waals surface area contributed by atoms with Gasteiger partial charge in [0.25, 0.3) is 0 Å². The molecule has 1 heterocycles. The van der Waals surface area contributed by atoms with Crippen molar-refractivity contribution in [1.29, 1.82) is 0 Å². The van der Waals surface area contributed by atoms with Crippen LogP contribution in [0.15, 0.2) is 18.2 Å². The SMILES string of the molecule is O=C(O)c1cc(NC2CCCNC2)ccc1Cl. The van der Waals surface area contributed by atoms with Gasteiger partial charge in [-0.2, -0.15) is 0 Å². The summed E-state index contributed by atoms with van der Waals surface area (Å²) in [6.45, 7) is 1.96. The second kappa shape index (κ2) is 5.38. The lowest BCUT2D eigenvalue weighted by Crippen LogP contribution is -2.38. The third-order valence-electron chi connectivity index (χ3n) is 2.86. The Balaban J connectivity index is 2.10. The third-order valence-corrected chi connectivity index (χ3v) is 3.19. The van der Waals surface area contributed by atoms with Crippen molar-refractivity contribution < 1.29 is 9.90 Å². The smallest absolute Gasteiger partial charge is 0.337 e. The number of rotatable bonds is 3. The minimum atomic E-state index is -1.000. The van der Waals surface area contributed by atoms with Crippen LogP contribution in [0, 0.1) is 0 Å². The molecule has 1 aliphatic heterocycles. The van der Waals surface area contributed by atoms with Crippen LogP contribution in [0.25, 0.3) is 0 Å². The summed E-state index contributed by atoms with van der Waals surface area (Å²) in [4.78, 5) is 10.9. The predicted molar refractivity (Wildman–Crippen MR) is 67.9 cm³/mol. The van der Waals surface area contributed by atoms with Gasteiger partial charge in [0.1, 0.15) is 0 Å². The molecule has 1 fully saturated rings. The molecule has 0 spiro atoms. The molecule has 1 aromatic carbocycles. The van der Waals surface area contributed by atoms with E-state index in [2.05, 4.69) is 10.6 Å². The molecule has 0 aromatic heterocycles. The van der Waals surface area contributed by atoms with Crippen LogP contribution < -0.4 is 10.6 Å². The van der Waals surface area contributed by atoms with E-state index in [1.807, 2.05) is 6.07 Å². The van der Waals surface area contributed by atoms with E-state index < -0.39 is 5.97 Å². The average molecular weight is 255 g/mol. The lowest BCUT2D eigenvalue weighted by Gasteiger charge is -2.25. The fraction of sp³-hybridized carbons (Fsp3) is 0.417. The summed E-state index contributed by atoms with van der Waals surface area (Å²) >= 11 is 5.81. The molecule has 1 saturated heterocycles. The summed E-state index contributed by atoms with van der Waals surface area (Å²) < 4.78 is 0. The van der Waals surface area contributed by atoms with Crippen molar-refractivity contribution in [1.82, 2.24) is 5.32 Å². The third kappa shape index (κ3) is 3.11. The first-order valence-corrected chi connectivity index (χ1v) is 6.04. The Labute approximate surface area is 105 Å². The Morgan fingerprint density at radius 2 is 2.35 bits per heavy atom. The molecule has 1 aromatic rings. The van der Waals surface area contributed by atoms with E-state index in [0.29, 0.717) is 6.04 Å². The van der Waals surface area contributed by atoms with E-state index in [-0.39, 0.29) is 10.6 Å². The first kappa shape index (κ1) is 12.2. The average Bonchev–Trinajstić information content (AvgIpc) is 2.32. The highest BCUT2D eigenvalue weighted by Gasteiger charge is 2.14. The van der Waals surface area contributed by atoms with Crippen LogP contribution in [-0.2, 0) is 0 Å². The van der Waals surface area contributed by atoms with Crippen molar-refractivity contribution in [2.75, 3.05) is 18.4 Å². The molecule has 0 saturated carbocycles. The van der Waals surface area contributed by atoms with E-state index in [4.69, 9.17) is 16.7 Å². The molecule has 1 unspecified atom stereocenters. The number of benzene rings is 1. The minimum absolute atomic E-state index is 0.139. The molecule has 5 heteroatoms. The van der Waals surface area contributed by atoms with Gasteiger partial charge < -0.3 is 15.7 Å². The molecule has 92 valence electrons. The van der Waals surface area contributed by atoms with Gasteiger partial charge >= 0.3 is 5.97 Å². The summed E-state index contributed by atoms with van der Waals surface area (Å²) in [6, 6.07) is 5.36. The van der Waals surface area contributed by atoms with Crippen LogP contribution in [0.1, 0.15) is 23.2 Å². The van der Waals surface area contributed by atoms with E-state index in [0.717, 1.165) is 31.6 Å². The number of piperidine rings is 1. The molecule has 1 atom stereocenters. The van der Waals surface area contributed by atoms with Crippen LogP contribution in [0.4, 0.5) is 5.69 Å². The van der Waals surface area contributed by atoms with Gasteiger partial charge in [-0.15, -0.1) is 0 Å². The lowest BCUT2D eigenvalue weighted by atomic mass is 10.1. The van der Waals surface area contributed by atoms with Gasteiger partial charge in [-0.3, -0.25) is 0 Å². The molecular weight excluding hydrogens is 240 g/mol. The Bertz CT molecular complexity index is 417. The zero-order valence-electron chi connectivity index (χ0n) is 9.37. The lowest BCUT2D eigenvalue weighted by molar-refractivity contribution is 0.0697. The number of carbonyl (C=O) groups is 1. The summed E-state index contributed by atoms with van der Waals surface area (Å²) in [5.74, 6) is -1.000. The van der Waals surface area contributed by atoms with Crippen LogP contribution in [0.5, 0.6) is 0 Å². The standard InChI is InChI=1S/C12H15ClN2O2/c13-11-4-3-8(6-10(11)12(16)17)15-9-2-1-5-14-7-9/h3-4,6,9,14-15H,1-2,5,7H2,(H,16,17). The van der Waals surface area contributed by atoms with Gasteiger partial charge in [-0.1, -0.05) is 11.6 Å². The molecule has 0 amide bonds. The second-order valence-electron chi connectivity index (χ2n) is 4.19. The summed E-state index contributed by atoms with van der Waals surface area (Å²) in [6.07, 6.45) is 2.23. The number of aromatic carboxylic acids is 1. The molecule has 0 bridgehead atoms. The van der Waals surface area contributed by atoms with Crippen LogP contribution >= 0.6 is 11.6 Å². The van der Waals surface area contributed by atoms with Crippen LogP contribution in [0.2, 0.25) is 5.02 Å². The van der Waals surface area contributed by atoms with Gasteiger partial charge in [0, 0.05) is 18.3 Å². The van der Waals surface area contributed by atoms with Crippen molar-refractivity contribution in [3.05, 3.63) is 28.8 Å². The van der Waals surface area contributed by atoms with E-state index in [1.54, 1.807) is 12.1 Å². The summed E-state index contributed by atoms with van der Waals surface area (Å²) in [5, 5.41) is 15.9. The van der Waals surface area contributed by atoms with Crippen molar-refractivity contribution >= 4 is 23.3 Å². The highest BCUT2D eigenvalue weighted by molar-refractivity contribution is 6.33. The van der Waals surface area contributed by atoms with Gasteiger partial charge in [-0.05, 0) is 37.6 Å². The second-order valence-corrected chi connectivity index (χ2v) is 4.59. The molecule has 0 radical (unpaired) electrons. The normalized spacial score (nSPS) is 19.9. The number of halogens is 1. The number of hydrogen-bond donors (Lipinski definition) is 3. The first-order chi connectivity index (χ1) is 8.16. The van der Waals surface area contributed by atoms with Gasteiger partial charge in [0.05, 0.1) is 10.6 Å². The maximum absolute atomic E-state index is 10.9. The number of nitrogens with one attached hydrogen (secondary N) is 2. The zero-order chi connectivity index (χ0) is 12.3. The van der Waals surface area contributed by atoms with Gasteiger partial charge in [-0.25, -0.2) is 4.79 Å². The summed E-state index contributed by atoms with van der Waals surface area (Å²) in [5.41, 5.74) is 0.945. The number of carboxylic acids is 1. The van der Waals surface area contributed by atoms with Crippen molar-refractivity contribution in [3.63, 3.8) is 0 Å². The topological polar surface area (TPSA) is 61.4 Å². The highest BCUT2D eigenvalue weighted by atomic mass is 35.5. The van der Waals surface area contributed by atoms with E-state index >= 15 is 0 Å². The number of hydrogen-bond acceptors (Lipinski definition) is 3. The molecule has 17 heavy (non-hydrogen) atoms. The largest absolute Gasteiger partial charge is 0.478 e. The summed E-state index contributed by atoms with van der Waals surface area (Å²) in [7, 11) is 0. The molecular formula is C12H15ClN2O2. The Hall–Kier alpha value is -1.26. The van der Waals surface area contributed by atoms with Crippen molar-refractivity contribution in [3.8, 4) is 0 Å². The first-order valence-electron chi connectivity index (χ1n) is 5.67. The predicted octanol–water partition coefficient (Wildman–Crippen LogP) is 2.20. The van der Waals surface area contributed by atoms with Crippen molar-refractivity contribution in [2.45, 2.75) is 18.9 Å². The highest BCUT2D eigenvalue weighted by Crippen LogP contribution is 2.21. The molecule has 2 rings (SSSR count). The molecule has 4 nitrogen and oxygen atoms in total.